The summed E-state index contributed by atoms with van der Waals surface area (Å²) in [4.78, 5) is 29.3. The second-order valence-electron chi connectivity index (χ2n) is 10.2. The first-order valence-electron chi connectivity index (χ1n) is 13.3. The zero-order valence-corrected chi connectivity index (χ0v) is 25.3. The molecular weight excluding hydrogens is 546 g/mol. The third-order valence-corrected chi connectivity index (χ3v) is 8.23. The van der Waals surface area contributed by atoms with Crippen molar-refractivity contribution in [2.45, 2.75) is 59.2 Å². The van der Waals surface area contributed by atoms with Crippen molar-refractivity contribution in [2.75, 3.05) is 17.1 Å². The predicted octanol–water partition coefficient (Wildman–Crippen LogP) is 5.28. The van der Waals surface area contributed by atoms with Crippen LogP contribution in [0.2, 0.25) is 5.02 Å². The number of nitrogens with zero attached hydrogens (tertiary/aromatic N) is 2. The Morgan fingerprint density at radius 1 is 0.950 bits per heavy atom. The van der Waals surface area contributed by atoms with Gasteiger partial charge in [-0.15, -0.1) is 0 Å². The van der Waals surface area contributed by atoms with Crippen LogP contribution in [0.4, 0.5) is 5.69 Å². The average molecular weight is 584 g/mol. The largest absolute Gasteiger partial charge is 0.352 e. The van der Waals surface area contributed by atoms with Crippen LogP contribution < -0.4 is 9.62 Å². The van der Waals surface area contributed by atoms with E-state index in [4.69, 9.17) is 11.6 Å². The third kappa shape index (κ3) is 8.57. The van der Waals surface area contributed by atoms with Gasteiger partial charge in [-0.25, -0.2) is 8.42 Å². The van der Waals surface area contributed by atoms with Crippen molar-refractivity contribution in [1.29, 1.82) is 0 Å². The standard InChI is InChI=1S/C31H38ClN3O4S/c1-6-24(4)33-31(37)29(19-25-10-8-7-9-11-25)34(20-26-14-16-27(32)17-15-26)30(36)21-35(40(5,38)39)28-18-22(2)12-13-23(28)3/h7-18,24,29H,6,19-21H2,1-5H3,(H,33,37)/t24-,29+/m0/s1. The number of rotatable bonds is 12. The molecule has 0 bridgehead atoms. The van der Waals surface area contributed by atoms with E-state index in [0.29, 0.717) is 10.7 Å². The summed E-state index contributed by atoms with van der Waals surface area (Å²) in [7, 11) is -3.82. The normalized spacial score (nSPS) is 12.8. The van der Waals surface area contributed by atoms with Gasteiger partial charge in [0.1, 0.15) is 12.6 Å². The summed E-state index contributed by atoms with van der Waals surface area (Å²) in [6.45, 7) is 7.22. The van der Waals surface area contributed by atoms with E-state index in [1.807, 2.05) is 63.2 Å². The van der Waals surface area contributed by atoms with Gasteiger partial charge in [0.15, 0.2) is 0 Å². The van der Waals surface area contributed by atoms with Gasteiger partial charge in [0.25, 0.3) is 0 Å². The van der Waals surface area contributed by atoms with Crippen molar-refractivity contribution in [3.05, 3.63) is 100 Å². The van der Waals surface area contributed by atoms with Gasteiger partial charge in [-0.1, -0.05) is 73.1 Å². The molecule has 3 aromatic carbocycles. The van der Waals surface area contributed by atoms with E-state index < -0.39 is 28.5 Å². The number of carbonyl (C=O) groups excluding carboxylic acids is 2. The quantitative estimate of drug-likeness (QED) is 0.314. The van der Waals surface area contributed by atoms with E-state index in [2.05, 4.69) is 5.32 Å². The van der Waals surface area contributed by atoms with Crippen molar-refractivity contribution < 1.29 is 18.0 Å². The summed E-state index contributed by atoms with van der Waals surface area (Å²) in [5, 5.41) is 3.58. The Balaban J connectivity index is 2.08. The smallest absolute Gasteiger partial charge is 0.244 e. The molecule has 2 amide bonds. The Kier molecular flexibility index (Phi) is 10.8. The van der Waals surface area contributed by atoms with Crippen LogP contribution in [-0.4, -0.2) is 50.0 Å². The summed E-state index contributed by atoms with van der Waals surface area (Å²) in [5.41, 5.74) is 3.68. The highest BCUT2D eigenvalue weighted by molar-refractivity contribution is 7.92. The summed E-state index contributed by atoms with van der Waals surface area (Å²) in [5.74, 6) is -0.778. The molecule has 2 atom stereocenters. The summed E-state index contributed by atoms with van der Waals surface area (Å²) < 4.78 is 27.1. The van der Waals surface area contributed by atoms with E-state index >= 15 is 0 Å². The zero-order valence-electron chi connectivity index (χ0n) is 23.7. The zero-order chi connectivity index (χ0) is 29.4. The number of sulfonamides is 1. The number of halogens is 1. The van der Waals surface area contributed by atoms with Crippen LogP contribution in [-0.2, 0) is 32.6 Å². The lowest BCUT2D eigenvalue weighted by Gasteiger charge is -2.34. The van der Waals surface area contributed by atoms with Gasteiger partial charge < -0.3 is 10.2 Å². The van der Waals surface area contributed by atoms with Gasteiger partial charge in [0.05, 0.1) is 11.9 Å². The lowest BCUT2D eigenvalue weighted by Crippen LogP contribution is -2.54. The molecule has 9 heteroatoms. The lowest BCUT2D eigenvalue weighted by molar-refractivity contribution is -0.140. The molecule has 0 aromatic heterocycles. The van der Waals surface area contributed by atoms with Gasteiger partial charge in [-0.05, 0) is 67.6 Å². The number of benzene rings is 3. The molecule has 1 N–H and O–H groups in total. The lowest BCUT2D eigenvalue weighted by atomic mass is 10.0. The monoisotopic (exact) mass is 583 g/mol. The van der Waals surface area contributed by atoms with Crippen molar-refractivity contribution in [3.63, 3.8) is 0 Å². The van der Waals surface area contributed by atoms with Crippen molar-refractivity contribution in [1.82, 2.24) is 10.2 Å². The van der Waals surface area contributed by atoms with Crippen LogP contribution in [0.25, 0.3) is 0 Å². The van der Waals surface area contributed by atoms with Crippen LogP contribution >= 0.6 is 11.6 Å². The first-order chi connectivity index (χ1) is 18.9. The number of nitrogens with one attached hydrogen (secondary N) is 1. The highest BCUT2D eigenvalue weighted by Gasteiger charge is 2.33. The van der Waals surface area contributed by atoms with Crippen LogP contribution in [0, 0.1) is 13.8 Å². The Morgan fingerprint density at radius 2 is 1.60 bits per heavy atom. The Labute approximate surface area is 243 Å². The maximum Gasteiger partial charge on any atom is 0.244 e. The average Bonchev–Trinajstić information content (AvgIpc) is 2.91. The van der Waals surface area contributed by atoms with Crippen molar-refractivity contribution >= 4 is 39.1 Å². The molecule has 0 saturated carbocycles. The van der Waals surface area contributed by atoms with Crippen LogP contribution in [0.3, 0.4) is 0 Å². The SMILES string of the molecule is CC[C@H](C)NC(=O)[C@@H](Cc1ccccc1)N(Cc1ccc(Cl)cc1)C(=O)CN(c1cc(C)ccc1C)S(C)(=O)=O. The van der Waals surface area contributed by atoms with E-state index in [1.165, 1.54) is 4.90 Å². The topological polar surface area (TPSA) is 86.8 Å². The molecule has 0 aliphatic carbocycles. The minimum absolute atomic E-state index is 0.0966. The molecule has 0 heterocycles. The van der Waals surface area contributed by atoms with Gasteiger partial charge in [-0.3, -0.25) is 13.9 Å². The Bertz CT molecular complexity index is 1410. The number of hydrogen-bond acceptors (Lipinski definition) is 4. The predicted molar refractivity (Wildman–Crippen MR) is 162 cm³/mol. The molecule has 0 unspecified atom stereocenters. The maximum absolute atomic E-state index is 14.1. The van der Waals surface area contributed by atoms with Crippen LogP contribution in [0.1, 0.15) is 42.5 Å². The number of amides is 2. The molecular formula is C31H38ClN3O4S. The number of hydrogen-bond donors (Lipinski definition) is 1. The number of carbonyl (C=O) groups is 2. The summed E-state index contributed by atoms with van der Waals surface area (Å²) in [6, 6.07) is 21.0. The van der Waals surface area contributed by atoms with E-state index in [9.17, 15) is 18.0 Å². The van der Waals surface area contributed by atoms with Gasteiger partial charge >= 0.3 is 0 Å². The number of aryl methyl sites for hydroxylation is 2. The molecule has 0 saturated heterocycles. The van der Waals surface area contributed by atoms with Gasteiger partial charge in [0.2, 0.25) is 21.8 Å². The highest BCUT2D eigenvalue weighted by Crippen LogP contribution is 2.25. The van der Waals surface area contributed by atoms with Gasteiger partial charge in [-0.2, -0.15) is 0 Å². The molecule has 3 aromatic rings. The molecule has 214 valence electrons. The second kappa shape index (κ2) is 13.8. The molecule has 0 fully saturated rings. The van der Waals surface area contributed by atoms with Crippen molar-refractivity contribution in [3.8, 4) is 0 Å². The summed E-state index contributed by atoms with van der Waals surface area (Å²) >= 11 is 6.10. The van der Waals surface area contributed by atoms with E-state index in [-0.39, 0.29) is 24.9 Å². The fraction of sp³-hybridized carbons (Fsp3) is 0.355. The van der Waals surface area contributed by atoms with E-state index in [0.717, 1.165) is 39.2 Å². The molecule has 40 heavy (non-hydrogen) atoms. The van der Waals surface area contributed by atoms with Gasteiger partial charge in [0, 0.05) is 24.0 Å². The molecule has 0 aliphatic heterocycles. The highest BCUT2D eigenvalue weighted by atomic mass is 35.5. The first-order valence-corrected chi connectivity index (χ1v) is 15.5. The molecule has 3 rings (SSSR count). The first kappa shape index (κ1) is 31.2. The maximum atomic E-state index is 14.1. The number of anilines is 1. The molecule has 0 radical (unpaired) electrons. The Hall–Kier alpha value is -3.36. The minimum Gasteiger partial charge on any atom is -0.352 e. The molecule has 0 aliphatic rings. The Morgan fingerprint density at radius 3 is 2.20 bits per heavy atom. The van der Waals surface area contributed by atoms with Crippen molar-refractivity contribution in [2.24, 2.45) is 0 Å². The fourth-order valence-corrected chi connectivity index (χ4v) is 5.39. The molecule has 7 nitrogen and oxygen atoms in total. The fourth-order valence-electron chi connectivity index (χ4n) is 4.36. The second-order valence-corrected chi connectivity index (χ2v) is 12.6. The minimum atomic E-state index is -3.82. The molecule has 0 spiro atoms. The summed E-state index contributed by atoms with van der Waals surface area (Å²) in [6.07, 6.45) is 2.08. The van der Waals surface area contributed by atoms with Crippen LogP contribution in [0.15, 0.2) is 72.8 Å². The van der Waals surface area contributed by atoms with E-state index in [1.54, 1.807) is 37.3 Å². The third-order valence-electron chi connectivity index (χ3n) is 6.85. The van der Waals surface area contributed by atoms with Crippen LogP contribution in [0.5, 0.6) is 0 Å².